The molecule has 0 atom stereocenters. The number of nitrogens with zero attached hydrogens (tertiary/aromatic N) is 1. The van der Waals surface area contributed by atoms with Gasteiger partial charge in [0.2, 0.25) is 0 Å². The monoisotopic (exact) mass is 239 g/mol. The maximum Gasteiger partial charge on any atom is 0.341 e. The van der Waals surface area contributed by atoms with Crippen LogP contribution in [0.25, 0.3) is 0 Å². The number of hydrogen-bond donors (Lipinski definition) is 2. The van der Waals surface area contributed by atoms with Gasteiger partial charge in [0, 0.05) is 13.1 Å². The van der Waals surface area contributed by atoms with Crippen LogP contribution in [0, 0.1) is 4.64 Å². The fourth-order valence-electron chi connectivity index (χ4n) is 1.69. The van der Waals surface area contributed by atoms with Crippen LogP contribution >= 0.6 is 12.2 Å². The molecule has 0 bridgehead atoms. The van der Waals surface area contributed by atoms with E-state index >= 15 is 0 Å². The van der Waals surface area contributed by atoms with Crippen molar-refractivity contribution < 1.29 is 9.53 Å². The molecule has 16 heavy (non-hydrogen) atoms. The summed E-state index contributed by atoms with van der Waals surface area (Å²) in [5.41, 5.74) is 0.514. The number of carbonyl (C=O) groups is 1. The summed E-state index contributed by atoms with van der Waals surface area (Å²) in [6, 6.07) is 3.38. The third kappa shape index (κ3) is 2.07. The molecule has 1 fully saturated rings. The van der Waals surface area contributed by atoms with Gasteiger partial charge >= 0.3 is 5.97 Å². The van der Waals surface area contributed by atoms with Crippen molar-refractivity contribution in [3.63, 3.8) is 0 Å². The number of ether oxygens (including phenoxy) is 1. The maximum absolute atomic E-state index is 11.6. The number of pyridine rings is 1. The van der Waals surface area contributed by atoms with Gasteiger partial charge in [-0.25, -0.2) is 4.79 Å². The minimum absolute atomic E-state index is 0.354. The first-order valence-corrected chi connectivity index (χ1v) is 5.40. The summed E-state index contributed by atoms with van der Waals surface area (Å²) >= 11 is 5.06. The van der Waals surface area contributed by atoms with Crippen molar-refractivity contribution in [1.82, 2.24) is 10.3 Å². The van der Waals surface area contributed by atoms with Gasteiger partial charge in [-0.1, -0.05) is 12.2 Å². The average Bonchev–Trinajstić information content (AvgIpc) is 2.81. The fraction of sp³-hybridized carbons (Fsp3) is 0.400. The topological polar surface area (TPSA) is 57.4 Å². The lowest BCUT2D eigenvalue weighted by Gasteiger charge is -2.18. The first-order chi connectivity index (χ1) is 7.72. The molecule has 0 aliphatic carbocycles. The number of methoxy groups -OCH3 is 1. The zero-order valence-corrected chi connectivity index (χ0v) is 9.76. The molecule has 6 heteroatoms. The molecule has 1 saturated heterocycles. The summed E-state index contributed by atoms with van der Waals surface area (Å²) in [4.78, 5) is 16.6. The lowest BCUT2D eigenvalue weighted by atomic mass is 10.2. The van der Waals surface area contributed by atoms with Crippen molar-refractivity contribution in [1.29, 1.82) is 0 Å². The van der Waals surface area contributed by atoms with E-state index in [1.165, 1.54) is 7.11 Å². The van der Waals surface area contributed by atoms with Crippen molar-refractivity contribution in [3.8, 4) is 0 Å². The van der Waals surface area contributed by atoms with Crippen LogP contribution in [0.2, 0.25) is 0 Å². The number of aromatic nitrogens is 1. The molecule has 0 saturated carbocycles. The molecule has 0 amide bonds. The van der Waals surface area contributed by atoms with Crippen LogP contribution in [-0.2, 0) is 4.74 Å². The van der Waals surface area contributed by atoms with Crippen LogP contribution in [0.5, 0.6) is 0 Å². The van der Waals surface area contributed by atoms with Gasteiger partial charge in [-0.15, -0.1) is 0 Å². The normalized spacial score (nSPS) is 15.2. The second-order valence-electron chi connectivity index (χ2n) is 3.50. The quantitative estimate of drug-likeness (QED) is 0.593. The first-order valence-electron chi connectivity index (χ1n) is 4.99. The highest BCUT2D eigenvalue weighted by Crippen LogP contribution is 2.19. The van der Waals surface area contributed by atoms with Gasteiger partial charge in [0.15, 0.2) is 0 Å². The molecule has 2 heterocycles. The van der Waals surface area contributed by atoms with Gasteiger partial charge in [0.25, 0.3) is 0 Å². The smallest absolute Gasteiger partial charge is 0.341 e. The number of nitrogens with one attached hydrogen (secondary N) is 2. The number of aromatic amines is 1. The molecule has 1 aliphatic heterocycles. The van der Waals surface area contributed by atoms with Crippen molar-refractivity contribution in [2.75, 3.05) is 31.8 Å². The van der Waals surface area contributed by atoms with E-state index in [-0.39, 0.29) is 5.97 Å². The highest BCUT2D eigenvalue weighted by molar-refractivity contribution is 7.71. The van der Waals surface area contributed by atoms with Crippen molar-refractivity contribution >= 4 is 24.0 Å². The predicted molar refractivity (Wildman–Crippen MR) is 63.2 cm³/mol. The molecule has 1 aromatic rings. The summed E-state index contributed by atoms with van der Waals surface area (Å²) in [5.74, 6) is 0.373. The minimum atomic E-state index is -0.354. The van der Waals surface area contributed by atoms with Gasteiger partial charge in [-0.05, 0) is 12.1 Å². The lowest BCUT2D eigenvalue weighted by Crippen LogP contribution is -2.24. The van der Waals surface area contributed by atoms with Crippen LogP contribution in [0.4, 0.5) is 5.82 Å². The minimum Gasteiger partial charge on any atom is -0.465 e. The molecule has 0 aromatic carbocycles. The van der Waals surface area contributed by atoms with Crippen molar-refractivity contribution in [3.05, 3.63) is 22.3 Å². The molecule has 86 valence electrons. The number of esters is 1. The molecular formula is C10H13N3O2S. The molecule has 0 spiro atoms. The summed E-state index contributed by atoms with van der Waals surface area (Å²) in [6.07, 6.45) is 0. The molecular weight excluding hydrogens is 226 g/mol. The third-order valence-corrected chi connectivity index (χ3v) is 2.72. The molecule has 1 aromatic heterocycles. The summed E-state index contributed by atoms with van der Waals surface area (Å²) in [6.45, 7) is 2.45. The third-order valence-electron chi connectivity index (χ3n) is 2.48. The number of hydrogen-bond acceptors (Lipinski definition) is 5. The zero-order chi connectivity index (χ0) is 11.5. The van der Waals surface area contributed by atoms with Crippen LogP contribution < -0.4 is 10.2 Å². The standard InChI is InChI=1S/C10H13N3O2S/c1-15-10(14)7-2-3-8(16)12-9(7)13-5-4-11-6-13/h2-3,11H,4-6H2,1H3,(H,12,16). The maximum atomic E-state index is 11.6. The Hall–Kier alpha value is -1.40. The Morgan fingerprint density at radius 2 is 2.38 bits per heavy atom. The van der Waals surface area contributed by atoms with Gasteiger partial charge in [0.1, 0.15) is 16.0 Å². The molecule has 5 nitrogen and oxygen atoms in total. The first kappa shape index (κ1) is 11.1. The molecule has 2 N–H and O–H groups in total. The molecule has 1 aliphatic rings. The van der Waals surface area contributed by atoms with Crippen molar-refractivity contribution in [2.45, 2.75) is 0 Å². The number of rotatable bonds is 2. The Bertz CT molecular complexity index is 452. The van der Waals surface area contributed by atoms with E-state index in [9.17, 15) is 4.79 Å². The molecule has 0 radical (unpaired) electrons. The Kier molecular flexibility index (Phi) is 3.21. The van der Waals surface area contributed by atoms with E-state index in [1.54, 1.807) is 12.1 Å². The highest BCUT2D eigenvalue weighted by atomic mass is 32.1. The van der Waals surface area contributed by atoms with E-state index < -0.39 is 0 Å². The van der Waals surface area contributed by atoms with Gasteiger partial charge in [-0.2, -0.15) is 0 Å². The summed E-state index contributed by atoms with van der Waals surface area (Å²) < 4.78 is 5.34. The summed E-state index contributed by atoms with van der Waals surface area (Å²) in [7, 11) is 1.37. The van der Waals surface area contributed by atoms with E-state index in [0.717, 1.165) is 18.9 Å². The van der Waals surface area contributed by atoms with Crippen LogP contribution in [0.1, 0.15) is 10.4 Å². The Labute approximate surface area is 98.4 Å². The largest absolute Gasteiger partial charge is 0.465 e. The Balaban J connectivity index is 2.43. The van der Waals surface area contributed by atoms with E-state index in [4.69, 9.17) is 17.0 Å². The van der Waals surface area contributed by atoms with E-state index in [2.05, 4.69) is 10.3 Å². The second kappa shape index (κ2) is 4.63. The van der Waals surface area contributed by atoms with E-state index in [1.807, 2.05) is 4.90 Å². The lowest BCUT2D eigenvalue weighted by molar-refractivity contribution is 0.0601. The predicted octanol–water partition coefficient (Wildman–Crippen LogP) is 0.898. The van der Waals surface area contributed by atoms with Crippen LogP contribution in [0.3, 0.4) is 0 Å². The SMILES string of the molecule is COC(=O)c1ccc(=S)[nH]c1N1CCNC1. The van der Waals surface area contributed by atoms with Gasteiger partial charge < -0.3 is 14.6 Å². The summed E-state index contributed by atoms with van der Waals surface area (Å²) in [5, 5.41) is 3.19. The van der Waals surface area contributed by atoms with Crippen LogP contribution in [-0.4, -0.2) is 37.8 Å². The van der Waals surface area contributed by atoms with Gasteiger partial charge in [-0.3, -0.25) is 5.32 Å². The van der Waals surface area contributed by atoms with Crippen LogP contribution in [0.15, 0.2) is 12.1 Å². The molecule has 2 rings (SSSR count). The fourth-order valence-corrected chi connectivity index (χ4v) is 1.85. The highest BCUT2D eigenvalue weighted by Gasteiger charge is 2.19. The average molecular weight is 239 g/mol. The molecule has 0 unspecified atom stereocenters. The van der Waals surface area contributed by atoms with Crippen molar-refractivity contribution in [2.24, 2.45) is 0 Å². The van der Waals surface area contributed by atoms with Gasteiger partial charge in [0.05, 0.1) is 13.8 Å². The number of H-pyrrole nitrogens is 1. The van der Waals surface area contributed by atoms with E-state index in [0.29, 0.717) is 16.9 Å². The number of anilines is 1. The Morgan fingerprint density at radius 1 is 1.56 bits per heavy atom. The zero-order valence-electron chi connectivity index (χ0n) is 8.95. The second-order valence-corrected chi connectivity index (χ2v) is 3.94. The number of carbonyl (C=O) groups excluding carboxylic acids is 1. The Morgan fingerprint density at radius 3 is 3.00 bits per heavy atom.